The van der Waals surface area contributed by atoms with E-state index in [-0.39, 0.29) is 47.9 Å². The lowest BCUT2D eigenvalue weighted by Crippen LogP contribution is -2.47. The Morgan fingerprint density at radius 3 is 2.72 bits per heavy atom. The average molecular weight is 512 g/mol. The molecule has 1 amide bonds. The van der Waals surface area contributed by atoms with Crippen molar-refractivity contribution in [1.29, 1.82) is 0 Å². The third-order valence-corrected chi connectivity index (χ3v) is 5.40. The number of amides is 1. The van der Waals surface area contributed by atoms with Crippen LogP contribution in [0.2, 0.25) is 0 Å². The standard InChI is InChI=1S/C22H32N4O2.HI/c1-14(2)25-21(27)16-8-7-9-17(12-16)26-22(23-4)24-13-20-15(3)18-10-5-6-11-19(18)28-20;/h5-6,10-11,14,16-17H,7-9,12-13H2,1-4H3,(H,25,27)(H2,23,24,26);1H. The van der Waals surface area contributed by atoms with Gasteiger partial charge in [0, 0.05) is 36.0 Å². The Labute approximate surface area is 190 Å². The number of rotatable bonds is 5. The minimum absolute atomic E-state index is 0. The van der Waals surface area contributed by atoms with E-state index < -0.39 is 0 Å². The molecule has 1 aliphatic rings. The summed E-state index contributed by atoms with van der Waals surface area (Å²) >= 11 is 0. The number of furan rings is 1. The number of guanidine groups is 1. The van der Waals surface area contributed by atoms with E-state index in [1.807, 2.05) is 32.0 Å². The van der Waals surface area contributed by atoms with E-state index in [2.05, 4.69) is 33.9 Å². The topological polar surface area (TPSA) is 78.7 Å². The van der Waals surface area contributed by atoms with Crippen LogP contribution in [0.1, 0.15) is 50.9 Å². The van der Waals surface area contributed by atoms with Gasteiger partial charge in [0.25, 0.3) is 0 Å². The summed E-state index contributed by atoms with van der Waals surface area (Å²) in [5, 5.41) is 11.0. The van der Waals surface area contributed by atoms with Crippen LogP contribution in [0.15, 0.2) is 33.7 Å². The normalized spacial score (nSPS) is 19.7. The van der Waals surface area contributed by atoms with Crippen LogP contribution in [-0.4, -0.2) is 31.0 Å². The van der Waals surface area contributed by atoms with Crippen molar-refractivity contribution < 1.29 is 9.21 Å². The summed E-state index contributed by atoms with van der Waals surface area (Å²) in [4.78, 5) is 16.7. The van der Waals surface area contributed by atoms with Crippen LogP contribution < -0.4 is 16.0 Å². The zero-order valence-electron chi connectivity index (χ0n) is 17.7. The maximum atomic E-state index is 12.3. The molecule has 1 saturated carbocycles. The minimum atomic E-state index is 0. The average Bonchev–Trinajstić information content (AvgIpc) is 3.01. The van der Waals surface area contributed by atoms with Gasteiger partial charge >= 0.3 is 0 Å². The second-order valence-electron chi connectivity index (χ2n) is 7.94. The van der Waals surface area contributed by atoms with Crippen LogP contribution in [0.3, 0.4) is 0 Å². The molecular weight excluding hydrogens is 479 g/mol. The molecule has 6 nitrogen and oxygen atoms in total. The van der Waals surface area contributed by atoms with Gasteiger partial charge in [0.1, 0.15) is 11.3 Å². The fourth-order valence-electron chi connectivity index (χ4n) is 3.91. The third-order valence-electron chi connectivity index (χ3n) is 5.40. The number of hydrogen-bond donors (Lipinski definition) is 3. The van der Waals surface area contributed by atoms with E-state index in [4.69, 9.17) is 4.42 Å². The zero-order valence-corrected chi connectivity index (χ0v) is 20.1. The van der Waals surface area contributed by atoms with E-state index in [1.54, 1.807) is 7.05 Å². The summed E-state index contributed by atoms with van der Waals surface area (Å²) in [6.07, 6.45) is 3.90. The summed E-state index contributed by atoms with van der Waals surface area (Å²) in [6.45, 7) is 6.66. The number of nitrogens with zero attached hydrogens (tertiary/aromatic N) is 1. The zero-order chi connectivity index (χ0) is 20.1. The van der Waals surface area contributed by atoms with Crippen LogP contribution in [0.25, 0.3) is 11.0 Å². The maximum Gasteiger partial charge on any atom is 0.223 e. The fraction of sp³-hybridized carbons (Fsp3) is 0.545. The van der Waals surface area contributed by atoms with Gasteiger partial charge in [0.15, 0.2) is 5.96 Å². The van der Waals surface area contributed by atoms with E-state index in [1.165, 1.54) is 0 Å². The van der Waals surface area contributed by atoms with Gasteiger partial charge in [-0.05, 0) is 46.1 Å². The smallest absolute Gasteiger partial charge is 0.223 e. The molecular formula is C22H33IN4O2. The Kier molecular flexibility index (Phi) is 8.79. The number of hydrogen-bond acceptors (Lipinski definition) is 3. The molecule has 1 fully saturated rings. The van der Waals surface area contributed by atoms with Crippen molar-refractivity contribution in [3.8, 4) is 0 Å². The molecule has 1 heterocycles. The first-order valence-corrected chi connectivity index (χ1v) is 10.2. The molecule has 3 rings (SSSR count). The number of benzene rings is 1. The Morgan fingerprint density at radius 2 is 2.03 bits per heavy atom. The van der Waals surface area contributed by atoms with Crippen molar-refractivity contribution in [3.05, 3.63) is 35.6 Å². The van der Waals surface area contributed by atoms with Gasteiger partial charge in [-0.1, -0.05) is 24.6 Å². The summed E-state index contributed by atoms with van der Waals surface area (Å²) in [6, 6.07) is 8.51. The molecule has 0 aliphatic heterocycles. The first kappa shape index (κ1) is 23.5. The lowest BCUT2D eigenvalue weighted by atomic mass is 9.85. The molecule has 1 aromatic carbocycles. The largest absolute Gasteiger partial charge is 0.459 e. The van der Waals surface area contributed by atoms with E-state index >= 15 is 0 Å². The molecule has 2 aromatic rings. The first-order valence-electron chi connectivity index (χ1n) is 10.2. The van der Waals surface area contributed by atoms with Crippen molar-refractivity contribution >= 4 is 46.8 Å². The molecule has 160 valence electrons. The highest BCUT2D eigenvalue weighted by molar-refractivity contribution is 14.0. The second kappa shape index (κ2) is 10.8. The predicted molar refractivity (Wildman–Crippen MR) is 129 cm³/mol. The first-order chi connectivity index (χ1) is 13.5. The minimum Gasteiger partial charge on any atom is -0.459 e. The van der Waals surface area contributed by atoms with E-state index in [0.717, 1.165) is 53.9 Å². The van der Waals surface area contributed by atoms with Crippen molar-refractivity contribution in [2.75, 3.05) is 7.05 Å². The van der Waals surface area contributed by atoms with Crippen LogP contribution >= 0.6 is 24.0 Å². The van der Waals surface area contributed by atoms with Crippen LogP contribution in [0.4, 0.5) is 0 Å². The molecule has 3 N–H and O–H groups in total. The molecule has 0 radical (unpaired) electrons. The van der Waals surface area contributed by atoms with Gasteiger partial charge in [-0.2, -0.15) is 0 Å². The van der Waals surface area contributed by atoms with Gasteiger partial charge in [-0.3, -0.25) is 9.79 Å². The number of halogens is 1. The quantitative estimate of drug-likeness (QED) is 0.320. The van der Waals surface area contributed by atoms with Crippen molar-refractivity contribution in [1.82, 2.24) is 16.0 Å². The van der Waals surface area contributed by atoms with E-state index in [0.29, 0.717) is 6.54 Å². The number of para-hydroxylation sites is 1. The maximum absolute atomic E-state index is 12.3. The highest BCUT2D eigenvalue weighted by Gasteiger charge is 2.28. The Morgan fingerprint density at radius 1 is 1.28 bits per heavy atom. The molecule has 2 unspecified atom stereocenters. The highest BCUT2D eigenvalue weighted by Crippen LogP contribution is 2.26. The molecule has 7 heteroatoms. The molecule has 2 atom stereocenters. The third kappa shape index (κ3) is 6.10. The molecule has 0 bridgehead atoms. The number of aliphatic imine (C=N–C) groups is 1. The summed E-state index contributed by atoms with van der Waals surface area (Å²) in [5.74, 6) is 1.91. The fourth-order valence-corrected chi connectivity index (χ4v) is 3.91. The Bertz CT molecular complexity index is 846. The second-order valence-corrected chi connectivity index (χ2v) is 7.94. The monoisotopic (exact) mass is 512 g/mol. The lowest BCUT2D eigenvalue weighted by molar-refractivity contribution is -0.126. The molecule has 0 spiro atoms. The summed E-state index contributed by atoms with van der Waals surface area (Å²) in [7, 11) is 1.77. The molecule has 0 saturated heterocycles. The molecule has 29 heavy (non-hydrogen) atoms. The predicted octanol–water partition coefficient (Wildman–Crippen LogP) is 4.11. The highest BCUT2D eigenvalue weighted by atomic mass is 127. The SMILES string of the molecule is CN=C(NCc1oc2ccccc2c1C)NC1CCCC(C(=O)NC(C)C)C1.I. The van der Waals surface area contributed by atoms with Crippen LogP contribution in [0.5, 0.6) is 0 Å². The van der Waals surface area contributed by atoms with Crippen molar-refractivity contribution in [2.24, 2.45) is 10.9 Å². The number of carbonyl (C=O) groups excluding carboxylic acids is 1. The van der Waals surface area contributed by atoms with Gasteiger partial charge in [-0.15, -0.1) is 24.0 Å². The lowest BCUT2D eigenvalue weighted by Gasteiger charge is -2.30. The number of fused-ring (bicyclic) bond motifs is 1. The van der Waals surface area contributed by atoms with Crippen LogP contribution in [-0.2, 0) is 11.3 Å². The van der Waals surface area contributed by atoms with Gasteiger partial charge < -0.3 is 20.4 Å². The number of carbonyl (C=O) groups is 1. The summed E-state index contributed by atoms with van der Waals surface area (Å²) < 4.78 is 5.97. The van der Waals surface area contributed by atoms with Gasteiger partial charge in [-0.25, -0.2) is 0 Å². The van der Waals surface area contributed by atoms with Crippen molar-refractivity contribution in [3.63, 3.8) is 0 Å². The molecule has 1 aliphatic carbocycles. The van der Waals surface area contributed by atoms with Gasteiger partial charge in [0.05, 0.1) is 6.54 Å². The van der Waals surface area contributed by atoms with Crippen LogP contribution in [0, 0.1) is 12.8 Å². The van der Waals surface area contributed by atoms with Crippen molar-refractivity contribution in [2.45, 2.75) is 65.1 Å². The number of nitrogens with one attached hydrogen (secondary N) is 3. The Hall–Kier alpha value is -1.77. The van der Waals surface area contributed by atoms with E-state index in [9.17, 15) is 4.79 Å². The Balaban J connectivity index is 0.00000300. The van der Waals surface area contributed by atoms with Gasteiger partial charge in [0.2, 0.25) is 5.91 Å². The molecule has 1 aromatic heterocycles. The number of aryl methyl sites for hydroxylation is 1. The summed E-state index contributed by atoms with van der Waals surface area (Å²) in [5.41, 5.74) is 2.06.